The van der Waals surface area contributed by atoms with Crippen LogP contribution in [-0.4, -0.2) is 55.1 Å². The van der Waals surface area contributed by atoms with E-state index in [1.54, 1.807) is 0 Å². The van der Waals surface area contributed by atoms with Gasteiger partial charge < -0.3 is 15.5 Å². The lowest BCUT2D eigenvalue weighted by Gasteiger charge is -2.17. The molecule has 132 valence electrons. The summed E-state index contributed by atoms with van der Waals surface area (Å²) < 4.78 is 0. The van der Waals surface area contributed by atoms with Crippen LogP contribution in [0, 0.1) is 0 Å². The Morgan fingerprint density at radius 1 is 1.22 bits per heavy atom. The van der Waals surface area contributed by atoms with Crippen LogP contribution >= 0.6 is 35.6 Å². The molecule has 5 nitrogen and oxygen atoms in total. The number of nitrogens with one attached hydrogen (secondary N) is 2. The minimum absolute atomic E-state index is 0. The quantitative estimate of drug-likeness (QED) is 0.261. The smallest absolute Gasteiger partial charge is 0.191 e. The van der Waals surface area contributed by atoms with Crippen LogP contribution in [0.1, 0.15) is 26.3 Å². The Hall–Kier alpha value is -0.600. The second kappa shape index (κ2) is 13.8. The lowest BCUT2D eigenvalue weighted by molar-refractivity contribution is 0.313. The molecule has 0 bridgehead atoms. The Morgan fingerprint density at radius 2 is 1.96 bits per heavy atom. The summed E-state index contributed by atoms with van der Waals surface area (Å²) in [6, 6.07) is 3.82. The van der Waals surface area contributed by atoms with E-state index in [1.807, 2.05) is 18.3 Å². The first-order chi connectivity index (χ1) is 10.7. The van der Waals surface area contributed by atoms with E-state index < -0.39 is 0 Å². The molecule has 0 saturated carbocycles. The van der Waals surface area contributed by atoms with Gasteiger partial charge in [0.1, 0.15) is 5.15 Å². The van der Waals surface area contributed by atoms with Crippen LogP contribution in [0.2, 0.25) is 5.15 Å². The molecular weight excluding hydrogens is 425 g/mol. The summed E-state index contributed by atoms with van der Waals surface area (Å²) in [6.45, 7) is 12.0. The summed E-state index contributed by atoms with van der Waals surface area (Å²) in [5.74, 6) is 0.872. The van der Waals surface area contributed by atoms with E-state index in [-0.39, 0.29) is 24.0 Å². The van der Waals surface area contributed by atoms with Crippen molar-refractivity contribution in [1.82, 2.24) is 20.5 Å². The van der Waals surface area contributed by atoms with Crippen molar-refractivity contribution in [2.24, 2.45) is 4.99 Å². The van der Waals surface area contributed by atoms with E-state index >= 15 is 0 Å². The topological polar surface area (TPSA) is 52.6 Å². The molecule has 0 radical (unpaired) electrons. The summed E-state index contributed by atoms with van der Waals surface area (Å²) >= 11 is 5.78. The predicted molar refractivity (Wildman–Crippen MR) is 110 cm³/mol. The van der Waals surface area contributed by atoms with E-state index in [4.69, 9.17) is 11.6 Å². The molecule has 0 aromatic carbocycles. The van der Waals surface area contributed by atoms with E-state index in [0.717, 1.165) is 57.2 Å². The van der Waals surface area contributed by atoms with Gasteiger partial charge in [-0.1, -0.05) is 31.5 Å². The molecule has 1 heterocycles. The number of guanidine groups is 1. The van der Waals surface area contributed by atoms with E-state index in [0.29, 0.717) is 5.15 Å². The maximum Gasteiger partial charge on any atom is 0.191 e. The van der Waals surface area contributed by atoms with Gasteiger partial charge in [-0.3, -0.25) is 4.99 Å². The molecule has 0 fully saturated rings. The molecule has 23 heavy (non-hydrogen) atoms. The highest BCUT2D eigenvalue weighted by Gasteiger charge is 2.00. The molecule has 1 aromatic rings. The Balaban J connectivity index is 0.00000484. The largest absolute Gasteiger partial charge is 0.357 e. The van der Waals surface area contributed by atoms with Crippen molar-refractivity contribution < 1.29 is 0 Å². The van der Waals surface area contributed by atoms with Gasteiger partial charge in [0.2, 0.25) is 0 Å². The summed E-state index contributed by atoms with van der Waals surface area (Å²) in [6.07, 6.45) is 2.71. The van der Waals surface area contributed by atoms with Gasteiger partial charge in [-0.05, 0) is 38.1 Å². The number of pyridine rings is 1. The zero-order valence-electron chi connectivity index (χ0n) is 14.3. The van der Waals surface area contributed by atoms with Crippen molar-refractivity contribution in [3.8, 4) is 0 Å². The minimum atomic E-state index is 0. The molecule has 0 aliphatic heterocycles. The van der Waals surface area contributed by atoms with Crippen molar-refractivity contribution in [3.05, 3.63) is 29.0 Å². The first kappa shape index (κ1) is 22.4. The third-order valence-corrected chi connectivity index (χ3v) is 3.64. The van der Waals surface area contributed by atoms with E-state index in [9.17, 15) is 0 Å². The van der Waals surface area contributed by atoms with E-state index in [2.05, 4.69) is 46.3 Å². The number of aromatic nitrogens is 1. The zero-order chi connectivity index (χ0) is 16.2. The molecule has 2 N–H and O–H groups in total. The fourth-order valence-corrected chi connectivity index (χ4v) is 2.18. The highest BCUT2D eigenvalue weighted by Crippen LogP contribution is 2.05. The van der Waals surface area contributed by atoms with Crippen LogP contribution in [-0.2, 0) is 6.42 Å². The average molecular weight is 454 g/mol. The Bertz CT molecular complexity index is 435. The fraction of sp³-hybridized carbons (Fsp3) is 0.625. The third-order valence-electron chi connectivity index (χ3n) is 3.42. The number of halogens is 2. The molecule has 7 heteroatoms. The zero-order valence-corrected chi connectivity index (χ0v) is 17.4. The van der Waals surface area contributed by atoms with Crippen LogP contribution in [0.4, 0.5) is 0 Å². The average Bonchev–Trinajstić information content (AvgIpc) is 2.53. The van der Waals surface area contributed by atoms with Crippen LogP contribution in [0.15, 0.2) is 23.3 Å². The van der Waals surface area contributed by atoms with Crippen LogP contribution in [0.3, 0.4) is 0 Å². The van der Waals surface area contributed by atoms with Gasteiger partial charge in [-0.25, -0.2) is 4.98 Å². The van der Waals surface area contributed by atoms with Gasteiger partial charge >= 0.3 is 0 Å². The highest BCUT2D eigenvalue weighted by molar-refractivity contribution is 14.0. The third kappa shape index (κ3) is 9.99. The highest BCUT2D eigenvalue weighted by atomic mass is 127. The number of aliphatic imine (C=N–C) groups is 1. The molecule has 0 atom stereocenters. The summed E-state index contributed by atoms with van der Waals surface area (Å²) in [4.78, 5) is 11.1. The molecule has 0 aliphatic carbocycles. The number of rotatable bonds is 9. The number of likely N-dealkylation sites (N-methyl/N-ethyl adjacent to an activating group) is 1. The maximum atomic E-state index is 5.78. The van der Waals surface area contributed by atoms with Crippen molar-refractivity contribution in [3.63, 3.8) is 0 Å². The van der Waals surface area contributed by atoms with Crippen molar-refractivity contribution in [2.75, 3.05) is 39.3 Å². The fourth-order valence-electron chi connectivity index (χ4n) is 2.06. The summed E-state index contributed by atoms with van der Waals surface area (Å²) in [7, 11) is 0. The number of hydrogen-bond donors (Lipinski definition) is 2. The SMILES string of the molecule is CCNC(=NCCN(CC)CC)NCCc1ccc(Cl)nc1.I. The van der Waals surface area contributed by atoms with Gasteiger partial charge in [-0.2, -0.15) is 0 Å². The summed E-state index contributed by atoms with van der Waals surface area (Å²) in [5, 5.41) is 7.16. The second-order valence-electron chi connectivity index (χ2n) is 4.95. The number of hydrogen-bond acceptors (Lipinski definition) is 3. The van der Waals surface area contributed by atoms with Crippen molar-refractivity contribution >= 4 is 41.5 Å². The Kier molecular flexibility index (Phi) is 13.4. The molecule has 0 spiro atoms. The first-order valence-electron chi connectivity index (χ1n) is 8.04. The van der Waals surface area contributed by atoms with Gasteiger partial charge in [0.15, 0.2) is 5.96 Å². The molecular formula is C16H29ClIN5. The Morgan fingerprint density at radius 3 is 2.52 bits per heavy atom. The van der Waals surface area contributed by atoms with Crippen LogP contribution in [0.25, 0.3) is 0 Å². The van der Waals surface area contributed by atoms with Gasteiger partial charge in [0.05, 0.1) is 6.54 Å². The standard InChI is InChI=1S/C16H28ClN5.HI/c1-4-18-16(20-11-12-22(5-2)6-3)19-10-9-14-7-8-15(17)21-13-14;/h7-8,13H,4-6,9-12H2,1-3H3,(H2,18,19,20);1H. The lowest BCUT2D eigenvalue weighted by Crippen LogP contribution is -2.39. The van der Waals surface area contributed by atoms with Crippen molar-refractivity contribution in [2.45, 2.75) is 27.2 Å². The summed E-state index contributed by atoms with van der Waals surface area (Å²) in [5.41, 5.74) is 1.16. The molecule has 0 aliphatic rings. The van der Waals surface area contributed by atoms with Gasteiger partial charge in [0, 0.05) is 25.8 Å². The number of nitrogens with zero attached hydrogens (tertiary/aromatic N) is 3. The minimum Gasteiger partial charge on any atom is -0.357 e. The first-order valence-corrected chi connectivity index (χ1v) is 8.42. The normalized spacial score (nSPS) is 11.3. The molecule has 0 unspecified atom stereocenters. The van der Waals surface area contributed by atoms with Crippen LogP contribution in [0.5, 0.6) is 0 Å². The molecule has 1 aromatic heterocycles. The monoisotopic (exact) mass is 453 g/mol. The molecule has 1 rings (SSSR count). The van der Waals surface area contributed by atoms with Crippen molar-refractivity contribution in [1.29, 1.82) is 0 Å². The van der Waals surface area contributed by atoms with Gasteiger partial charge in [0.25, 0.3) is 0 Å². The van der Waals surface area contributed by atoms with Gasteiger partial charge in [-0.15, -0.1) is 24.0 Å². The van der Waals surface area contributed by atoms with Crippen LogP contribution < -0.4 is 10.6 Å². The second-order valence-corrected chi connectivity index (χ2v) is 5.34. The molecule has 0 amide bonds. The Labute approximate surface area is 162 Å². The predicted octanol–water partition coefficient (Wildman–Crippen LogP) is 2.79. The maximum absolute atomic E-state index is 5.78. The lowest BCUT2D eigenvalue weighted by atomic mass is 10.2. The molecule has 0 saturated heterocycles. The van der Waals surface area contributed by atoms with E-state index in [1.165, 1.54) is 0 Å².